The first-order valence-corrected chi connectivity index (χ1v) is 10.5. The van der Waals surface area contributed by atoms with Crippen molar-refractivity contribution in [2.24, 2.45) is 7.05 Å². The van der Waals surface area contributed by atoms with Gasteiger partial charge in [-0.2, -0.15) is 0 Å². The molecule has 0 spiro atoms. The number of carbonyl (C=O) groups is 2. The molecule has 0 fully saturated rings. The fraction of sp³-hybridized carbons (Fsp3) is 0.115. The number of hydrogen-bond donors (Lipinski definition) is 2. The van der Waals surface area contributed by atoms with Gasteiger partial charge in [0.2, 0.25) is 0 Å². The van der Waals surface area contributed by atoms with Crippen LogP contribution in [0.15, 0.2) is 83.7 Å². The SMILES string of the molecule is CCOc1ccc(NC(=O)c2ccc(NC(=O)c3cc(=O)n(C)c4ccccc34)cc2)cc1. The molecule has 1 aromatic heterocycles. The number of rotatable bonds is 6. The van der Waals surface area contributed by atoms with Crippen LogP contribution in [0.3, 0.4) is 0 Å². The minimum atomic E-state index is -0.393. The van der Waals surface area contributed by atoms with E-state index >= 15 is 0 Å². The Balaban J connectivity index is 1.47. The van der Waals surface area contributed by atoms with Crippen molar-refractivity contribution < 1.29 is 14.3 Å². The lowest BCUT2D eigenvalue weighted by atomic mass is 10.1. The normalized spacial score (nSPS) is 10.6. The predicted molar refractivity (Wildman–Crippen MR) is 129 cm³/mol. The summed E-state index contributed by atoms with van der Waals surface area (Å²) in [5, 5.41) is 6.31. The average Bonchev–Trinajstić information content (AvgIpc) is 2.83. The van der Waals surface area contributed by atoms with Crippen molar-refractivity contribution in [3.63, 3.8) is 0 Å². The van der Waals surface area contributed by atoms with Crippen LogP contribution in [-0.2, 0) is 7.05 Å². The molecule has 4 rings (SSSR count). The van der Waals surface area contributed by atoms with Gasteiger partial charge in [0.15, 0.2) is 0 Å². The number of aromatic nitrogens is 1. The maximum Gasteiger partial charge on any atom is 0.256 e. The van der Waals surface area contributed by atoms with E-state index < -0.39 is 5.91 Å². The van der Waals surface area contributed by atoms with Gasteiger partial charge < -0.3 is 19.9 Å². The van der Waals surface area contributed by atoms with E-state index in [4.69, 9.17) is 4.74 Å². The first-order valence-electron chi connectivity index (χ1n) is 10.5. The van der Waals surface area contributed by atoms with Crippen molar-refractivity contribution in [1.29, 1.82) is 0 Å². The second-order valence-electron chi connectivity index (χ2n) is 7.42. The molecule has 4 aromatic rings. The van der Waals surface area contributed by atoms with Crippen molar-refractivity contribution in [3.8, 4) is 5.75 Å². The van der Waals surface area contributed by atoms with Crippen molar-refractivity contribution >= 4 is 34.1 Å². The number of carbonyl (C=O) groups excluding carboxylic acids is 2. The van der Waals surface area contributed by atoms with Crippen LogP contribution in [0.5, 0.6) is 5.75 Å². The Hall–Kier alpha value is -4.39. The second-order valence-corrected chi connectivity index (χ2v) is 7.42. The molecule has 0 aliphatic heterocycles. The summed E-state index contributed by atoms with van der Waals surface area (Å²) in [4.78, 5) is 37.7. The lowest BCUT2D eigenvalue weighted by Crippen LogP contribution is -2.21. The number of hydrogen-bond acceptors (Lipinski definition) is 4. The van der Waals surface area contributed by atoms with Crippen LogP contribution in [0.25, 0.3) is 10.9 Å². The van der Waals surface area contributed by atoms with Gasteiger partial charge in [0.05, 0.1) is 17.7 Å². The van der Waals surface area contributed by atoms with E-state index in [2.05, 4.69) is 10.6 Å². The van der Waals surface area contributed by atoms with Gasteiger partial charge in [0.25, 0.3) is 17.4 Å². The number of aryl methyl sites for hydroxylation is 1. The maximum atomic E-state index is 12.9. The molecule has 2 N–H and O–H groups in total. The van der Waals surface area contributed by atoms with E-state index in [1.54, 1.807) is 67.7 Å². The first-order chi connectivity index (χ1) is 16.0. The molecule has 0 atom stereocenters. The largest absolute Gasteiger partial charge is 0.494 e. The van der Waals surface area contributed by atoms with Gasteiger partial charge in [-0.3, -0.25) is 14.4 Å². The molecule has 0 saturated carbocycles. The highest BCUT2D eigenvalue weighted by Gasteiger charge is 2.14. The summed E-state index contributed by atoms with van der Waals surface area (Å²) in [6.45, 7) is 2.48. The first kappa shape index (κ1) is 21.8. The Kier molecular flexibility index (Phi) is 6.22. The monoisotopic (exact) mass is 441 g/mol. The van der Waals surface area contributed by atoms with Crippen LogP contribution < -0.4 is 20.9 Å². The molecule has 0 bridgehead atoms. The number of nitrogens with one attached hydrogen (secondary N) is 2. The molecule has 7 heteroatoms. The number of anilines is 2. The molecule has 0 aliphatic carbocycles. The molecule has 0 radical (unpaired) electrons. The van der Waals surface area contributed by atoms with Crippen molar-refractivity contribution in [1.82, 2.24) is 4.57 Å². The van der Waals surface area contributed by atoms with Gasteiger partial charge in [0, 0.05) is 35.4 Å². The third-order valence-electron chi connectivity index (χ3n) is 5.23. The lowest BCUT2D eigenvalue weighted by Gasteiger charge is -2.11. The van der Waals surface area contributed by atoms with Crippen molar-refractivity contribution in [3.05, 3.63) is 100 Å². The zero-order chi connectivity index (χ0) is 23.4. The summed E-state index contributed by atoms with van der Waals surface area (Å²) in [6, 6.07) is 22.2. The number of para-hydroxylation sites is 1. The summed E-state index contributed by atoms with van der Waals surface area (Å²) in [6.07, 6.45) is 0. The number of fused-ring (bicyclic) bond motifs is 1. The Bertz CT molecular complexity index is 1370. The Morgan fingerprint density at radius 1 is 0.848 bits per heavy atom. The van der Waals surface area contributed by atoms with Crippen molar-refractivity contribution in [2.75, 3.05) is 17.2 Å². The minimum absolute atomic E-state index is 0.264. The Morgan fingerprint density at radius 2 is 1.45 bits per heavy atom. The quantitative estimate of drug-likeness (QED) is 0.463. The molecule has 2 amide bonds. The summed E-state index contributed by atoms with van der Waals surface area (Å²) < 4.78 is 6.90. The smallest absolute Gasteiger partial charge is 0.256 e. The van der Waals surface area contributed by atoms with E-state index in [0.29, 0.717) is 40.0 Å². The number of ether oxygens (including phenoxy) is 1. The van der Waals surface area contributed by atoms with Crippen LogP contribution in [0.4, 0.5) is 11.4 Å². The molecular weight excluding hydrogens is 418 g/mol. The van der Waals surface area contributed by atoms with E-state index in [1.807, 2.05) is 19.1 Å². The van der Waals surface area contributed by atoms with Gasteiger partial charge in [-0.25, -0.2) is 0 Å². The third-order valence-corrected chi connectivity index (χ3v) is 5.23. The molecule has 1 heterocycles. The minimum Gasteiger partial charge on any atom is -0.494 e. The third kappa shape index (κ3) is 4.77. The number of benzene rings is 3. The highest BCUT2D eigenvalue weighted by atomic mass is 16.5. The van der Waals surface area contributed by atoms with E-state index in [0.717, 1.165) is 5.75 Å². The predicted octanol–water partition coefficient (Wildman–Crippen LogP) is 4.44. The van der Waals surface area contributed by atoms with Gasteiger partial charge >= 0.3 is 0 Å². The Labute approximate surface area is 190 Å². The van der Waals surface area contributed by atoms with Gasteiger partial charge in [-0.1, -0.05) is 18.2 Å². The maximum absolute atomic E-state index is 12.9. The van der Waals surface area contributed by atoms with Crippen LogP contribution >= 0.6 is 0 Å². The molecule has 166 valence electrons. The topological polar surface area (TPSA) is 89.4 Å². The highest BCUT2D eigenvalue weighted by Crippen LogP contribution is 2.20. The zero-order valence-corrected chi connectivity index (χ0v) is 18.3. The van der Waals surface area contributed by atoms with Crippen LogP contribution in [0.2, 0.25) is 0 Å². The molecule has 0 aliphatic rings. The van der Waals surface area contributed by atoms with E-state index in [-0.39, 0.29) is 11.5 Å². The number of nitrogens with zero attached hydrogens (tertiary/aromatic N) is 1. The summed E-state index contributed by atoms with van der Waals surface area (Å²) >= 11 is 0. The van der Waals surface area contributed by atoms with E-state index in [9.17, 15) is 14.4 Å². The molecular formula is C26H23N3O4. The van der Waals surface area contributed by atoms with Crippen LogP contribution in [-0.4, -0.2) is 23.0 Å². The Morgan fingerprint density at radius 3 is 2.12 bits per heavy atom. The standard InChI is InChI=1S/C26H23N3O4/c1-3-33-20-14-12-19(13-15-20)27-25(31)17-8-10-18(11-9-17)28-26(32)22-16-24(30)29(2)23-7-5-4-6-21(22)23/h4-16H,3H2,1-2H3,(H,27,31)(H,28,32). The second kappa shape index (κ2) is 9.40. The fourth-order valence-corrected chi connectivity index (χ4v) is 3.51. The summed E-state index contributed by atoms with van der Waals surface area (Å²) in [5.41, 5.74) is 2.32. The number of amides is 2. The van der Waals surface area contributed by atoms with E-state index in [1.165, 1.54) is 10.6 Å². The summed E-state index contributed by atoms with van der Waals surface area (Å²) in [5.74, 6) is 0.0738. The van der Waals surface area contributed by atoms with Crippen molar-refractivity contribution in [2.45, 2.75) is 6.92 Å². The van der Waals surface area contributed by atoms with Gasteiger partial charge in [0.1, 0.15) is 5.75 Å². The van der Waals surface area contributed by atoms with Gasteiger partial charge in [-0.15, -0.1) is 0 Å². The molecule has 7 nitrogen and oxygen atoms in total. The lowest BCUT2D eigenvalue weighted by molar-refractivity contribution is 0.102. The summed E-state index contributed by atoms with van der Waals surface area (Å²) in [7, 11) is 1.67. The van der Waals surface area contributed by atoms with Crippen LogP contribution in [0.1, 0.15) is 27.6 Å². The molecule has 3 aromatic carbocycles. The molecule has 0 unspecified atom stereocenters. The molecule has 0 saturated heterocycles. The molecule has 33 heavy (non-hydrogen) atoms. The fourth-order valence-electron chi connectivity index (χ4n) is 3.51. The average molecular weight is 441 g/mol. The number of pyridine rings is 1. The van der Waals surface area contributed by atoms with Gasteiger partial charge in [-0.05, 0) is 61.5 Å². The zero-order valence-electron chi connectivity index (χ0n) is 18.3. The van der Waals surface area contributed by atoms with Crippen LogP contribution in [0, 0.1) is 0 Å². The highest BCUT2D eigenvalue weighted by molar-refractivity contribution is 6.12.